The topological polar surface area (TPSA) is 35.5 Å². The molecule has 0 aromatic carbocycles. The van der Waals surface area contributed by atoms with Gasteiger partial charge in [0.15, 0.2) is 8.32 Å². The van der Waals surface area contributed by atoms with Crippen LogP contribution in [-0.4, -0.2) is 56.9 Å². The Morgan fingerprint density at radius 3 is 1.61 bits per heavy atom. The van der Waals surface area contributed by atoms with E-state index in [1.807, 2.05) is 0 Å². The van der Waals surface area contributed by atoms with Crippen molar-refractivity contribution in [1.29, 1.82) is 0 Å². The van der Waals surface area contributed by atoms with Gasteiger partial charge in [0, 0.05) is 0 Å². The maximum atomic E-state index is 14.5. The van der Waals surface area contributed by atoms with Gasteiger partial charge in [0.05, 0.1) is 13.0 Å². The maximum Gasteiger partial charge on any atom is 0.460 e. The first-order valence-electron chi connectivity index (χ1n) is 7.39. The van der Waals surface area contributed by atoms with E-state index in [9.17, 15) is 53.1 Å². The largest absolute Gasteiger partial charge is 0.469 e. The van der Waals surface area contributed by atoms with Crippen LogP contribution in [0, 0.1) is 5.92 Å². The van der Waals surface area contributed by atoms with E-state index in [1.54, 1.807) is 0 Å². The lowest BCUT2D eigenvalue weighted by Gasteiger charge is -2.42. The Morgan fingerprint density at radius 1 is 0.857 bits per heavy atom. The second kappa shape index (κ2) is 6.44. The van der Waals surface area contributed by atoms with Crippen LogP contribution in [0.25, 0.3) is 0 Å². The summed E-state index contributed by atoms with van der Waals surface area (Å²) in [6.07, 6.45) is -8.59. The number of hydrogen-bond donors (Lipinski definition) is 0. The van der Waals surface area contributed by atoms with Crippen LogP contribution >= 0.6 is 0 Å². The molecule has 28 heavy (non-hydrogen) atoms. The molecule has 0 heterocycles. The van der Waals surface area contributed by atoms with Crippen molar-refractivity contribution in [1.82, 2.24) is 0 Å². The third-order valence-corrected chi connectivity index (χ3v) is 4.93. The summed E-state index contributed by atoms with van der Waals surface area (Å²) in [5, 5.41) is 0. The number of rotatable bonds is 7. The first kappa shape index (κ1) is 24.9. The van der Waals surface area contributed by atoms with Crippen LogP contribution < -0.4 is 0 Å². The van der Waals surface area contributed by atoms with Crippen molar-refractivity contribution < 1.29 is 62.3 Å². The van der Waals surface area contributed by atoms with Crippen LogP contribution in [0.5, 0.6) is 0 Å². The Balaban J connectivity index is 3.57. The quantitative estimate of drug-likeness (QED) is 0.312. The fraction of sp³-hybridized carbons (Fsp3) is 0.923. The Hall–Kier alpha value is -1.12. The summed E-state index contributed by atoms with van der Waals surface area (Å²) < 4.78 is 155. The molecule has 1 aliphatic carbocycles. The minimum Gasteiger partial charge on any atom is -0.469 e. The van der Waals surface area contributed by atoms with E-state index in [0.29, 0.717) is 7.11 Å². The van der Waals surface area contributed by atoms with Crippen molar-refractivity contribution >= 4 is 14.3 Å². The number of carbonyl (C=O) groups excluding carboxylic acids is 1. The molecule has 0 unspecified atom stereocenters. The number of methoxy groups -OCH3 is 1. The Morgan fingerprint density at radius 2 is 1.29 bits per heavy atom. The van der Waals surface area contributed by atoms with Gasteiger partial charge in [0.1, 0.15) is 5.60 Å². The van der Waals surface area contributed by atoms with Crippen molar-refractivity contribution in [3.63, 3.8) is 0 Å². The lowest BCUT2D eigenvalue weighted by atomic mass is 9.92. The molecule has 0 saturated heterocycles. The predicted octanol–water partition coefficient (Wildman–Crippen LogP) is 4.87. The van der Waals surface area contributed by atoms with E-state index in [0.717, 1.165) is 19.6 Å². The van der Waals surface area contributed by atoms with Gasteiger partial charge in [-0.2, -0.15) is 48.3 Å². The van der Waals surface area contributed by atoms with Crippen LogP contribution in [0.3, 0.4) is 0 Å². The van der Waals surface area contributed by atoms with Crippen molar-refractivity contribution in [3.8, 4) is 0 Å². The van der Waals surface area contributed by atoms with Crippen molar-refractivity contribution in [2.75, 3.05) is 7.11 Å². The third-order valence-electron chi connectivity index (χ3n) is 3.95. The van der Waals surface area contributed by atoms with Gasteiger partial charge in [0.2, 0.25) is 0 Å². The molecule has 0 aromatic heterocycles. The van der Waals surface area contributed by atoms with Crippen molar-refractivity contribution in [2.45, 2.75) is 61.5 Å². The zero-order chi connectivity index (χ0) is 22.8. The highest BCUT2D eigenvalue weighted by Crippen LogP contribution is 2.67. The van der Waals surface area contributed by atoms with Gasteiger partial charge in [-0.25, -0.2) is 0 Å². The minimum absolute atomic E-state index is 0.641. The summed E-state index contributed by atoms with van der Waals surface area (Å²) in [5.74, 6) is -32.4. The molecule has 0 aromatic rings. The number of halogens is 11. The van der Waals surface area contributed by atoms with Gasteiger partial charge in [-0.3, -0.25) is 4.79 Å². The van der Waals surface area contributed by atoms with Gasteiger partial charge in [-0.15, -0.1) is 0 Å². The molecule has 15 heteroatoms. The van der Waals surface area contributed by atoms with Crippen LogP contribution in [-0.2, 0) is 14.0 Å². The fourth-order valence-electron chi connectivity index (χ4n) is 2.57. The monoisotopic (exact) mass is 456 g/mol. The summed E-state index contributed by atoms with van der Waals surface area (Å²) in [7, 11) is -2.70. The molecule has 0 N–H and O–H groups in total. The number of carbonyl (C=O) groups is 1. The highest BCUT2D eigenvalue weighted by atomic mass is 28.4. The number of alkyl halides is 11. The molecular weight excluding hydrogens is 441 g/mol. The van der Waals surface area contributed by atoms with E-state index < -0.39 is 62.1 Å². The molecule has 3 nitrogen and oxygen atoms in total. The highest BCUT2D eigenvalue weighted by Gasteiger charge is 2.93. The summed E-state index contributed by atoms with van der Waals surface area (Å²) in [6, 6.07) is 0. The van der Waals surface area contributed by atoms with E-state index >= 15 is 0 Å². The van der Waals surface area contributed by atoms with E-state index in [4.69, 9.17) is 4.43 Å². The summed E-state index contributed by atoms with van der Waals surface area (Å²) in [6.45, 7) is 3.37. The van der Waals surface area contributed by atoms with Crippen LogP contribution in [0.15, 0.2) is 0 Å². The molecule has 1 saturated carbocycles. The van der Waals surface area contributed by atoms with E-state index in [1.165, 1.54) is 0 Å². The predicted molar refractivity (Wildman–Crippen MR) is 73.1 cm³/mol. The highest BCUT2D eigenvalue weighted by molar-refractivity contribution is 6.69. The number of esters is 1. The molecule has 2 atom stereocenters. The number of ether oxygens (including phenoxy) is 1. The normalized spacial score (nSPS) is 24.9. The lowest BCUT2D eigenvalue weighted by Crippen LogP contribution is -2.70. The molecule has 1 fully saturated rings. The van der Waals surface area contributed by atoms with Crippen LogP contribution in [0.4, 0.5) is 48.3 Å². The molecule has 0 spiro atoms. The molecule has 1 aliphatic rings. The van der Waals surface area contributed by atoms with Gasteiger partial charge in [-0.05, 0) is 26.1 Å². The van der Waals surface area contributed by atoms with Gasteiger partial charge in [0.25, 0.3) is 0 Å². The minimum atomic E-state index is -7.55. The molecule has 0 amide bonds. The van der Waals surface area contributed by atoms with Gasteiger partial charge >= 0.3 is 35.8 Å². The van der Waals surface area contributed by atoms with Crippen molar-refractivity contribution in [3.05, 3.63) is 0 Å². The summed E-state index contributed by atoms with van der Waals surface area (Å²) >= 11 is 0. The van der Waals surface area contributed by atoms with E-state index in [2.05, 4.69) is 4.74 Å². The fourth-order valence-corrected chi connectivity index (χ4v) is 4.02. The lowest BCUT2D eigenvalue weighted by molar-refractivity contribution is -0.430. The standard InChI is InChI=1S/C13H15F11O3Si/c1-26-7(25)6-5-8(6,27-28(2,3)4)9(14,15)10(16,17)11(18,19)12(20,21)13(22,23)24/h6H,5H2,1-4H3/t6-,8-/m0/s1. The Bertz CT molecular complexity index is 626. The first-order valence-corrected chi connectivity index (χ1v) is 10.8. The van der Waals surface area contributed by atoms with E-state index in [-0.39, 0.29) is 0 Å². The van der Waals surface area contributed by atoms with Gasteiger partial charge in [-0.1, -0.05) is 0 Å². The average Bonchev–Trinajstić information content (AvgIpc) is 3.18. The third kappa shape index (κ3) is 3.37. The first-order chi connectivity index (χ1) is 12.0. The summed E-state index contributed by atoms with van der Waals surface area (Å²) in [5.41, 5.74) is -3.72. The second-order valence-corrected chi connectivity index (χ2v) is 11.6. The molecule has 1 rings (SSSR count). The molecule has 0 aliphatic heterocycles. The summed E-state index contributed by atoms with van der Waals surface area (Å²) in [4.78, 5) is 11.5. The average molecular weight is 456 g/mol. The molecule has 166 valence electrons. The SMILES string of the molecule is COC(=O)[C@@H]1C[C@@]1(O[Si](C)(C)C)C(F)(F)C(F)(F)C(F)(F)C(F)(F)C(F)(F)F. The molecule has 0 radical (unpaired) electrons. The smallest absolute Gasteiger partial charge is 0.460 e. The van der Waals surface area contributed by atoms with Gasteiger partial charge < -0.3 is 9.16 Å². The Kier molecular flexibility index (Phi) is 5.73. The van der Waals surface area contributed by atoms with Crippen molar-refractivity contribution in [2.24, 2.45) is 5.92 Å². The zero-order valence-electron chi connectivity index (χ0n) is 14.7. The van der Waals surface area contributed by atoms with Crippen LogP contribution in [0.1, 0.15) is 6.42 Å². The Labute approximate surface area is 152 Å². The molecule has 0 bridgehead atoms. The second-order valence-electron chi connectivity index (χ2n) is 7.18. The number of hydrogen-bond acceptors (Lipinski definition) is 3. The van der Waals surface area contributed by atoms with Crippen LogP contribution in [0.2, 0.25) is 19.6 Å². The molecular formula is C13H15F11O3Si. The zero-order valence-corrected chi connectivity index (χ0v) is 15.7. The maximum absolute atomic E-state index is 14.5.